The van der Waals surface area contributed by atoms with Crippen LogP contribution in [0.5, 0.6) is 11.5 Å². The SMILES string of the molecule is COc1cccc([C@@H](CNC(=S)NC(C)C)c2c[nH]c3ccccc23)c1OC. The van der Waals surface area contributed by atoms with Crippen LogP contribution in [0.2, 0.25) is 0 Å². The number of fused-ring (bicyclic) bond motifs is 1. The molecule has 0 bridgehead atoms. The van der Waals surface area contributed by atoms with Gasteiger partial charge in [-0.05, 0) is 43.8 Å². The monoisotopic (exact) mass is 397 g/mol. The Balaban J connectivity index is 2.04. The van der Waals surface area contributed by atoms with Crippen LogP contribution in [-0.2, 0) is 0 Å². The van der Waals surface area contributed by atoms with Crippen LogP contribution in [0, 0.1) is 0 Å². The van der Waals surface area contributed by atoms with Crippen LogP contribution >= 0.6 is 12.2 Å². The summed E-state index contributed by atoms with van der Waals surface area (Å²) in [4.78, 5) is 3.38. The van der Waals surface area contributed by atoms with Crippen molar-refractivity contribution in [2.45, 2.75) is 25.8 Å². The summed E-state index contributed by atoms with van der Waals surface area (Å²) < 4.78 is 11.2. The van der Waals surface area contributed by atoms with Gasteiger partial charge < -0.3 is 25.1 Å². The van der Waals surface area contributed by atoms with Crippen molar-refractivity contribution in [1.82, 2.24) is 15.6 Å². The second-order valence-corrected chi connectivity index (χ2v) is 7.34. The molecule has 1 heterocycles. The van der Waals surface area contributed by atoms with Crippen LogP contribution in [0.25, 0.3) is 10.9 Å². The number of nitrogens with one attached hydrogen (secondary N) is 3. The van der Waals surface area contributed by atoms with Gasteiger partial charge in [0.2, 0.25) is 0 Å². The molecular formula is C22H27N3O2S. The third kappa shape index (κ3) is 4.22. The van der Waals surface area contributed by atoms with Gasteiger partial charge in [0, 0.05) is 41.2 Å². The Morgan fingerprint density at radius 2 is 1.82 bits per heavy atom. The molecule has 0 aliphatic heterocycles. The maximum atomic E-state index is 5.72. The second-order valence-electron chi connectivity index (χ2n) is 6.93. The second kappa shape index (κ2) is 8.97. The van der Waals surface area contributed by atoms with Gasteiger partial charge >= 0.3 is 0 Å². The fourth-order valence-corrected chi connectivity index (χ4v) is 3.78. The molecule has 0 amide bonds. The first kappa shape index (κ1) is 20.0. The van der Waals surface area contributed by atoms with E-state index in [2.05, 4.69) is 59.9 Å². The molecule has 0 aliphatic carbocycles. The number of hydrogen-bond acceptors (Lipinski definition) is 3. The number of methoxy groups -OCH3 is 2. The minimum absolute atomic E-state index is 0.0214. The molecular weight excluding hydrogens is 370 g/mol. The lowest BCUT2D eigenvalue weighted by atomic mass is 9.90. The highest BCUT2D eigenvalue weighted by Gasteiger charge is 2.23. The quantitative estimate of drug-likeness (QED) is 0.522. The van der Waals surface area contributed by atoms with E-state index in [4.69, 9.17) is 21.7 Å². The molecule has 148 valence electrons. The molecule has 1 aromatic heterocycles. The van der Waals surface area contributed by atoms with Crippen LogP contribution in [0.15, 0.2) is 48.7 Å². The minimum Gasteiger partial charge on any atom is -0.493 e. The first-order chi connectivity index (χ1) is 13.5. The van der Waals surface area contributed by atoms with Crippen molar-refractivity contribution in [3.05, 3.63) is 59.8 Å². The highest BCUT2D eigenvalue weighted by Crippen LogP contribution is 2.40. The summed E-state index contributed by atoms with van der Waals surface area (Å²) in [5, 5.41) is 8.43. The summed E-state index contributed by atoms with van der Waals surface area (Å²) in [7, 11) is 3.33. The predicted molar refractivity (Wildman–Crippen MR) is 119 cm³/mol. The largest absolute Gasteiger partial charge is 0.493 e. The number of benzene rings is 2. The third-order valence-electron chi connectivity index (χ3n) is 4.69. The standard InChI is InChI=1S/C22H27N3O2S/c1-14(2)25-22(28)24-13-18(16-9-7-11-20(26-3)21(16)27-4)17-12-23-19-10-6-5-8-15(17)19/h5-12,14,18,23H,13H2,1-4H3,(H2,24,25,28)/t18-/m1/s1. The smallest absolute Gasteiger partial charge is 0.166 e. The molecule has 0 aliphatic rings. The average Bonchev–Trinajstić information content (AvgIpc) is 3.11. The van der Waals surface area contributed by atoms with E-state index in [9.17, 15) is 0 Å². The van der Waals surface area contributed by atoms with Crippen molar-refractivity contribution in [2.75, 3.05) is 20.8 Å². The fourth-order valence-electron chi connectivity index (χ4n) is 3.46. The van der Waals surface area contributed by atoms with E-state index in [0.717, 1.165) is 16.8 Å². The van der Waals surface area contributed by atoms with Gasteiger partial charge in [-0.15, -0.1) is 0 Å². The Labute approximate surface area is 171 Å². The Hall–Kier alpha value is -2.73. The maximum absolute atomic E-state index is 5.72. The van der Waals surface area contributed by atoms with Crippen LogP contribution in [0.1, 0.15) is 30.9 Å². The number of hydrogen-bond donors (Lipinski definition) is 3. The molecule has 5 nitrogen and oxygen atoms in total. The fraction of sp³-hybridized carbons (Fsp3) is 0.318. The Kier molecular flexibility index (Phi) is 6.41. The molecule has 0 saturated heterocycles. The van der Waals surface area contributed by atoms with E-state index in [1.165, 1.54) is 10.9 Å². The number of rotatable bonds is 7. The van der Waals surface area contributed by atoms with Crippen molar-refractivity contribution in [2.24, 2.45) is 0 Å². The zero-order chi connectivity index (χ0) is 20.1. The van der Waals surface area contributed by atoms with E-state index in [0.29, 0.717) is 17.4 Å². The average molecular weight is 398 g/mol. The van der Waals surface area contributed by atoms with Crippen LogP contribution in [0.4, 0.5) is 0 Å². The molecule has 28 heavy (non-hydrogen) atoms. The van der Waals surface area contributed by atoms with Crippen molar-refractivity contribution in [3.8, 4) is 11.5 Å². The van der Waals surface area contributed by atoms with E-state index >= 15 is 0 Å². The van der Waals surface area contributed by atoms with Gasteiger partial charge in [-0.2, -0.15) is 0 Å². The topological polar surface area (TPSA) is 58.3 Å². The number of ether oxygens (including phenoxy) is 2. The van der Waals surface area contributed by atoms with E-state index in [-0.39, 0.29) is 12.0 Å². The number of para-hydroxylation sites is 2. The highest BCUT2D eigenvalue weighted by atomic mass is 32.1. The van der Waals surface area contributed by atoms with Crippen LogP contribution in [0.3, 0.4) is 0 Å². The first-order valence-electron chi connectivity index (χ1n) is 9.36. The minimum atomic E-state index is 0.0214. The molecule has 0 spiro atoms. The van der Waals surface area contributed by atoms with Crippen LogP contribution < -0.4 is 20.1 Å². The maximum Gasteiger partial charge on any atom is 0.166 e. The molecule has 0 fully saturated rings. The molecule has 3 rings (SSSR count). The molecule has 3 aromatic rings. The van der Waals surface area contributed by atoms with Crippen LogP contribution in [-0.4, -0.2) is 36.9 Å². The summed E-state index contributed by atoms with van der Waals surface area (Å²) in [6.07, 6.45) is 2.06. The first-order valence-corrected chi connectivity index (χ1v) is 9.77. The molecule has 6 heteroatoms. The molecule has 0 radical (unpaired) electrons. The molecule has 2 aromatic carbocycles. The van der Waals surface area contributed by atoms with Crippen molar-refractivity contribution in [1.29, 1.82) is 0 Å². The van der Waals surface area contributed by atoms with Gasteiger partial charge in [0.1, 0.15) is 0 Å². The summed E-state index contributed by atoms with van der Waals surface area (Å²) in [6.45, 7) is 4.76. The van der Waals surface area contributed by atoms with E-state index in [1.54, 1.807) is 14.2 Å². The lowest BCUT2D eigenvalue weighted by Gasteiger charge is -2.23. The summed E-state index contributed by atoms with van der Waals surface area (Å²) in [5.41, 5.74) is 3.33. The molecule has 0 unspecified atom stereocenters. The van der Waals surface area contributed by atoms with Crippen molar-refractivity contribution >= 4 is 28.2 Å². The molecule has 0 saturated carbocycles. The predicted octanol–water partition coefficient (Wildman–Crippen LogP) is 4.19. The van der Waals surface area contributed by atoms with Crippen molar-refractivity contribution < 1.29 is 9.47 Å². The number of H-pyrrole nitrogens is 1. The van der Waals surface area contributed by atoms with Gasteiger partial charge in [-0.25, -0.2) is 0 Å². The van der Waals surface area contributed by atoms with Gasteiger partial charge in [0.15, 0.2) is 16.6 Å². The Morgan fingerprint density at radius 3 is 2.54 bits per heavy atom. The Bertz CT molecular complexity index is 952. The molecule has 1 atom stereocenters. The number of thiocarbonyl (C=S) groups is 1. The summed E-state index contributed by atoms with van der Waals surface area (Å²) in [6, 6.07) is 14.5. The summed E-state index contributed by atoms with van der Waals surface area (Å²) >= 11 is 5.45. The van der Waals surface area contributed by atoms with Gasteiger partial charge in [-0.3, -0.25) is 0 Å². The number of aromatic amines is 1. The van der Waals surface area contributed by atoms with Crippen molar-refractivity contribution in [3.63, 3.8) is 0 Å². The van der Waals surface area contributed by atoms with E-state index in [1.807, 2.05) is 18.2 Å². The zero-order valence-electron chi connectivity index (χ0n) is 16.7. The third-order valence-corrected chi connectivity index (χ3v) is 4.95. The summed E-state index contributed by atoms with van der Waals surface area (Å²) in [5.74, 6) is 1.48. The number of aromatic nitrogens is 1. The Morgan fingerprint density at radius 1 is 1.04 bits per heavy atom. The van der Waals surface area contributed by atoms with Gasteiger partial charge in [-0.1, -0.05) is 30.3 Å². The van der Waals surface area contributed by atoms with E-state index < -0.39 is 0 Å². The van der Waals surface area contributed by atoms with Gasteiger partial charge in [0.05, 0.1) is 14.2 Å². The molecule has 3 N–H and O–H groups in total. The highest BCUT2D eigenvalue weighted by molar-refractivity contribution is 7.80. The normalized spacial score (nSPS) is 12.0. The lowest BCUT2D eigenvalue weighted by molar-refractivity contribution is 0.350. The van der Waals surface area contributed by atoms with Gasteiger partial charge in [0.25, 0.3) is 0 Å². The lowest BCUT2D eigenvalue weighted by Crippen LogP contribution is -2.41. The zero-order valence-corrected chi connectivity index (χ0v) is 17.5.